The summed E-state index contributed by atoms with van der Waals surface area (Å²) >= 11 is 3.41. The summed E-state index contributed by atoms with van der Waals surface area (Å²) in [5, 5.41) is 2.98. The molecule has 0 radical (unpaired) electrons. The van der Waals surface area contributed by atoms with Gasteiger partial charge in [-0.15, -0.1) is 0 Å². The Morgan fingerprint density at radius 1 is 1.37 bits per heavy atom. The Kier molecular flexibility index (Phi) is 6.52. The second-order valence-electron chi connectivity index (χ2n) is 5.26. The lowest BCUT2D eigenvalue weighted by molar-refractivity contribution is -0.119. The molecule has 0 spiro atoms. The summed E-state index contributed by atoms with van der Waals surface area (Å²) in [6.07, 6.45) is 2.84. The van der Waals surface area contributed by atoms with E-state index in [1.807, 2.05) is 39.0 Å². The number of carbonyl (C=O) groups is 1. The second kappa shape index (κ2) is 7.65. The van der Waals surface area contributed by atoms with Crippen molar-refractivity contribution in [2.45, 2.75) is 46.1 Å². The van der Waals surface area contributed by atoms with Crippen LogP contribution in [0.4, 0.5) is 5.69 Å². The Bertz CT molecular complexity index is 432. The van der Waals surface area contributed by atoms with Crippen molar-refractivity contribution in [3.8, 4) is 0 Å². The Balaban J connectivity index is 2.49. The average molecular weight is 327 g/mol. The summed E-state index contributed by atoms with van der Waals surface area (Å²) in [5.41, 5.74) is 7.65. The normalized spacial score (nSPS) is 13.9. The monoisotopic (exact) mass is 326 g/mol. The molecule has 1 aromatic carbocycles. The molecule has 0 aliphatic rings. The Morgan fingerprint density at radius 2 is 2.05 bits per heavy atom. The SMILES string of the molecule is Cc1cc(Br)ccc1NC(=O)C(C)CCCC(C)N. The zero-order valence-electron chi connectivity index (χ0n) is 11.9. The van der Waals surface area contributed by atoms with E-state index in [4.69, 9.17) is 5.73 Å². The molecule has 0 bridgehead atoms. The van der Waals surface area contributed by atoms with Gasteiger partial charge >= 0.3 is 0 Å². The molecule has 19 heavy (non-hydrogen) atoms. The zero-order valence-corrected chi connectivity index (χ0v) is 13.5. The van der Waals surface area contributed by atoms with Crippen molar-refractivity contribution < 1.29 is 4.79 Å². The van der Waals surface area contributed by atoms with Crippen LogP contribution >= 0.6 is 15.9 Å². The van der Waals surface area contributed by atoms with Crippen LogP contribution in [-0.2, 0) is 4.79 Å². The number of anilines is 1. The minimum Gasteiger partial charge on any atom is -0.328 e. The molecule has 0 heterocycles. The van der Waals surface area contributed by atoms with Crippen LogP contribution in [-0.4, -0.2) is 11.9 Å². The Morgan fingerprint density at radius 3 is 2.63 bits per heavy atom. The number of hydrogen-bond acceptors (Lipinski definition) is 2. The van der Waals surface area contributed by atoms with E-state index >= 15 is 0 Å². The predicted octanol–water partition coefficient (Wildman–Crippen LogP) is 3.85. The molecule has 106 valence electrons. The third-order valence-corrected chi connectivity index (χ3v) is 3.68. The lowest BCUT2D eigenvalue weighted by atomic mass is 10.0. The number of hydrogen-bond donors (Lipinski definition) is 2. The molecule has 0 saturated carbocycles. The molecule has 0 aromatic heterocycles. The van der Waals surface area contributed by atoms with Crippen LogP contribution in [0.1, 0.15) is 38.7 Å². The van der Waals surface area contributed by atoms with Gasteiger partial charge in [0.25, 0.3) is 0 Å². The van der Waals surface area contributed by atoms with Gasteiger partial charge in [-0.1, -0.05) is 29.3 Å². The van der Waals surface area contributed by atoms with E-state index in [0.717, 1.165) is 35.0 Å². The first-order valence-electron chi connectivity index (χ1n) is 6.72. The number of halogens is 1. The quantitative estimate of drug-likeness (QED) is 0.834. The smallest absolute Gasteiger partial charge is 0.227 e. The number of nitrogens with one attached hydrogen (secondary N) is 1. The summed E-state index contributed by atoms with van der Waals surface area (Å²) in [6, 6.07) is 6.06. The summed E-state index contributed by atoms with van der Waals surface area (Å²) in [5.74, 6) is 0.0943. The highest BCUT2D eigenvalue weighted by molar-refractivity contribution is 9.10. The second-order valence-corrected chi connectivity index (χ2v) is 6.17. The van der Waals surface area contributed by atoms with Crippen LogP contribution in [0.3, 0.4) is 0 Å². The van der Waals surface area contributed by atoms with Gasteiger partial charge in [0.05, 0.1) is 0 Å². The molecule has 0 saturated heterocycles. The van der Waals surface area contributed by atoms with Crippen molar-refractivity contribution in [1.82, 2.24) is 0 Å². The van der Waals surface area contributed by atoms with E-state index in [-0.39, 0.29) is 17.9 Å². The highest BCUT2D eigenvalue weighted by atomic mass is 79.9. The van der Waals surface area contributed by atoms with E-state index in [9.17, 15) is 4.79 Å². The van der Waals surface area contributed by atoms with Crippen LogP contribution in [0, 0.1) is 12.8 Å². The van der Waals surface area contributed by atoms with Crippen molar-refractivity contribution in [3.63, 3.8) is 0 Å². The number of nitrogens with two attached hydrogens (primary N) is 1. The van der Waals surface area contributed by atoms with E-state index in [1.165, 1.54) is 0 Å². The van der Waals surface area contributed by atoms with Gasteiger partial charge in [0.2, 0.25) is 5.91 Å². The number of amides is 1. The molecular formula is C15H23BrN2O. The standard InChI is InChI=1S/C15H23BrN2O/c1-10(5-4-6-12(3)17)15(19)18-14-8-7-13(16)9-11(14)2/h7-10,12H,4-6,17H2,1-3H3,(H,18,19). The molecule has 1 amide bonds. The molecule has 3 N–H and O–H groups in total. The molecule has 3 nitrogen and oxygen atoms in total. The maximum absolute atomic E-state index is 12.1. The summed E-state index contributed by atoms with van der Waals surface area (Å²) in [7, 11) is 0. The number of carbonyl (C=O) groups excluding carboxylic acids is 1. The molecular weight excluding hydrogens is 304 g/mol. The summed E-state index contributed by atoms with van der Waals surface area (Å²) in [4.78, 5) is 12.1. The number of aryl methyl sites for hydroxylation is 1. The topological polar surface area (TPSA) is 55.1 Å². The maximum atomic E-state index is 12.1. The molecule has 1 aromatic rings. The highest BCUT2D eigenvalue weighted by Gasteiger charge is 2.13. The van der Waals surface area contributed by atoms with Gasteiger partial charge in [0, 0.05) is 22.1 Å². The minimum atomic E-state index is 0.0156. The number of benzene rings is 1. The maximum Gasteiger partial charge on any atom is 0.227 e. The van der Waals surface area contributed by atoms with Crippen molar-refractivity contribution in [1.29, 1.82) is 0 Å². The first-order valence-corrected chi connectivity index (χ1v) is 7.52. The Hall–Kier alpha value is -0.870. The van der Waals surface area contributed by atoms with E-state index in [2.05, 4.69) is 21.2 Å². The van der Waals surface area contributed by atoms with Crippen LogP contribution in [0.2, 0.25) is 0 Å². The molecule has 0 fully saturated rings. The largest absolute Gasteiger partial charge is 0.328 e. The van der Waals surface area contributed by atoms with Crippen molar-refractivity contribution in [2.75, 3.05) is 5.32 Å². The molecule has 4 heteroatoms. The van der Waals surface area contributed by atoms with Crippen molar-refractivity contribution >= 4 is 27.5 Å². The minimum absolute atomic E-state index is 0.0156. The van der Waals surface area contributed by atoms with Gasteiger partial charge in [-0.05, 0) is 50.5 Å². The van der Waals surface area contributed by atoms with Crippen LogP contribution in [0.25, 0.3) is 0 Å². The van der Waals surface area contributed by atoms with Gasteiger partial charge in [0.15, 0.2) is 0 Å². The van der Waals surface area contributed by atoms with Gasteiger partial charge in [-0.2, -0.15) is 0 Å². The van der Waals surface area contributed by atoms with Gasteiger partial charge < -0.3 is 11.1 Å². The molecule has 0 aliphatic carbocycles. The van der Waals surface area contributed by atoms with Crippen molar-refractivity contribution in [2.24, 2.45) is 11.7 Å². The van der Waals surface area contributed by atoms with E-state index < -0.39 is 0 Å². The fourth-order valence-electron chi connectivity index (χ4n) is 1.90. The lowest BCUT2D eigenvalue weighted by Crippen LogP contribution is -2.22. The van der Waals surface area contributed by atoms with Gasteiger partial charge in [0.1, 0.15) is 0 Å². The van der Waals surface area contributed by atoms with E-state index in [0.29, 0.717) is 0 Å². The first kappa shape index (κ1) is 16.2. The molecule has 2 unspecified atom stereocenters. The van der Waals surface area contributed by atoms with Crippen LogP contribution in [0.15, 0.2) is 22.7 Å². The third-order valence-electron chi connectivity index (χ3n) is 3.19. The van der Waals surface area contributed by atoms with Crippen molar-refractivity contribution in [3.05, 3.63) is 28.2 Å². The van der Waals surface area contributed by atoms with Gasteiger partial charge in [-0.25, -0.2) is 0 Å². The van der Waals surface area contributed by atoms with Crippen LogP contribution in [0.5, 0.6) is 0 Å². The van der Waals surface area contributed by atoms with E-state index in [1.54, 1.807) is 0 Å². The highest BCUT2D eigenvalue weighted by Crippen LogP contribution is 2.21. The fraction of sp³-hybridized carbons (Fsp3) is 0.533. The molecule has 2 atom stereocenters. The fourth-order valence-corrected chi connectivity index (χ4v) is 2.38. The summed E-state index contributed by atoms with van der Waals surface area (Å²) in [6.45, 7) is 5.95. The molecule has 1 rings (SSSR count). The average Bonchev–Trinajstić information content (AvgIpc) is 2.32. The first-order chi connectivity index (χ1) is 8.90. The Labute approximate surface area is 124 Å². The lowest BCUT2D eigenvalue weighted by Gasteiger charge is -2.14. The zero-order chi connectivity index (χ0) is 14.4. The van der Waals surface area contributed by atoms with Gasteiger partial charge in [-0.3, -0.25) is 4.79 Å². The third kappa shape index (κ3) is 5.74. The van der Waals surface area contributed by atoms with Crippen LogP contribution < -0.4 is 11.1 Å². The predicted molar refractivity (Wildman–Crippen MR) is 84.2 cm³/mol. The number of rotatable bonds is 6. The summed E-state index contributed by atoms with van der Waals surface area (Å²) < 4.78 is 1.02. The molecule has 0 aliphatic heterocycles.